The summed E-state index contributed by atoms with van der Waals surface area (Å²) in [6, 6.07) is 24.8. The lowest BCUT2D eigenvalue weighted by Crippen LogP contribution is -2.12. The summed E-state index contributed by atoms with van der Waals surface area (Å²) in [5.74, 6) is 0.498. The Morgan fingerprint density at radius 1 is 0.923 bits per heavy atom. The second-order valence-electron chi connectivity index (χ2n) is 5.87. The smallest absolute Gasteiger partial charge is 0.276 e. The number of carbonyl (C=O) groups excluding carboxylic acids is 1. The fraction of sp³-hybridized carbons (Fsp3) is 0.0476. The topological polar surface area (TPSA) is 67.0 Å². The minimum atomic E-state index is -0.250. The highest BCUT2D eigenvalue weighted by atomic mass is 16.5. The van der Waals surface area contributed by atoms with Gasteiger partial charge in [-0.25, -0.2) is 0 Å². The van der Waals surface area contributed by atoms with Crippen molar-refractivity contribution in [2.75, 3.05) is 5.32 Å². The van der Waals surface area contributed by atoms with E-state index < -0.39 is 0 Å². The van der Waals surface area contributed by atoms with Gasteiger partial charge in [0.05, 0.1) is 5.52 Å². The molecule has 1 heterocycles. The SMILES string of the molecule is O=C(Nc1ccc(OCc2ccccc2)cc1)c1n[nH]c2ccccc12. The number of hydrogen-bond donors (Lipinski definition) is 2. The zero-order chi connectivity index (χ0) is 17.8. The minimum Gasteiger partial charge on any atom is -0.489 e. The van der Waals surface area contributed by atoms with E-state index in [0.717, 1.165) is 22.2 Å². The monoisotopic (exact) mass is 343 g/mol. The van der Waals surface area contributed by atoms with E-state index in [1.54, 1.807) is 0 Å². The summed E-state index contributed by atoms with van der Waals surface area (Å²) in [5, 5.41) is 10.6. The molecular weight excluding hydrogens is 326 g/mol. The maximum atomic E-state index is 12.5. The molecule has 0 aliphatic rings. The average molecular weight is 343 g/mol. The predicted molar refractivity (Wildman–Crippen MR) is 101 cm³/mol. The first-order chi connectivity index (χ1) is 12.8. The van der Waals surface area contributed by atoms with Crippen LogP contribution in [0.15, 0.2) is 78.9 Å². The molecule has 128 valence electrons. The maximum Gasteiger partial charge on any atom is 0.276 e. The van der Waals surface area contributed by atoms with Crippen LogP contribution in [0, 0.1) is 0 Å². The Morgan fingerprint density at radius 2 is 1.65 bits per heavy atom. The van der Waals surface area contributed by atoms with Crippen LogP contribution >= 0.6 is 0 Å². The van der Waals surface area contributed by atoms with Gasteiger partial charge >= 0.3 is 0 Å². The Kier molecular flexibility index (Phi) is 4.35. The van der Waals surface area contributed by atoms with Crippen molar-refractivity contribution in [3.63, 3.8) is 0 Å². The number of ether oxygens (including phenoxy) is 1. The number of fused-ring (bicyclic) bond motifs is 1. The van der Waals surface area contributed by atoms with Crippen LogP contribution in [-0.4, -0.2) is 16.1 Å². The van der Waals surface area contributed by atoms with E-state index >= 15 is 0 Å². The second kappa shape index (κ2) is 7.11. The molecule has 0 unspecified atom stereocenters. The van der Waals surface area contributed by atoms with E-state index in [1.165, 1.54) is 0 Å². The summed E-state index contributed by atoms with van der Waals surface area (Å²) in [6.45, 7) is 0.506. The minimum absolute atomic E-state index is 0.250. The largest absolute Gasteiger partial charge is 0.489 e. The average Bonchev–Trinajstić information content (AvgIpc) is 3.12. The highest BCUT2D eigenvalue weighted by Gasteiger charge is 2.13. The van der Waals surface area contributed by atoms with E-state index in [4.69, 9.17) is 4.74 Å². The van der Waals surface area contributed by atoms with Crippen LogP contribution in [0.4, 0.5) is 5.69 Å². The normalized spacial score (nSPS) is 10.6. The number of aromatic amines is 1. The number of anilines is 1. The molecule has 0 aliphatic carbocycles. The molecule has 5 nitrogen and oxygen atoms in total. The van der Waals surface area contributed by atoms with E-state index in [0.29, 0.717) is 18.0 Å². The van der Waals surface area contributed by atoms with Crippen molar-refractivity contribution in [3.8, 4) is 5.75 Å². The summed E-state index contributed by atoms with van der Waals surface area (Å²) < 4.78 is 5.75. The molecule has 0 saturated heterocycles. The van der Waals surface area contributed by atoms with Crippen molar-refractivity contribution in [2.24, 2.45) is 0 Å². The molecular formula is C21H17N3O2. The fourth-order valence-electron chi connectivity index (χ4n) is 2.70. The molecule has 0 fully saturated rings. The number of rotatable bonds is 5. The van der Waals surface area contributed by atoms with Gasteiger partial charge in [0.2, 0.25) is 0 Å². The standard InChI is InChI=1S/C21H17N3O2/c25-21(20-18-8-4-5-9-19(18)23-24-20)22-16-10-12-17(13-11-16)26-14-15-6-2-1-3-7-15/h1-13H,14H2,(H,22,25)(H,23,24). The summed E-state index contributed by atoms with van der Waals surface area (Å²) in [6.07, 6.45) is 0. The van der Waals surface area contributed by atoms with Crippen LogP contribution < -0.4 is 10.1 Å². The van der Waals surface area contributed by atoms with Gasteiger partial charge in [-0.1, -0.05) is 48.5 Å². The molecule has 3 aromatic carbocycles. The number of H-pyrrole nitrogens is 1. The van der Waals surface area contributed by atoms with Gasteiger partial charge in [0.25, 0.3) is 5.91 Å². The third kappa shape index (κ3) is 3.42. The van der Waals surface area contributed by atoms with Crippen molar-refractivity contribution in [1.82, 2.24) is 10.2 Å². The first-order valence-electron chi connectivity index (χ1n) is 8.31. The molecule has 2 N–H and O–H groups in total. The third-order valence-corrected chi connectivity index (χ3v) is 4.05. The number of para-hydroxylation sites is 1. The number of hydrogen-bond acceptors (Lipinski definition) is 3. The Morgan fingerprint density at radius 3 is 2.46 bits per heavy atom. The third-order valence-electron chi connectivity index (χ3n) is 4.05. The van der Waals surface area contributed by atoms with Gasteiger partial charge in [-0.3, -0.25) is 9.89 Å². The van der Waals surface area contributed by atoms with Crippen LogP contribution in [0.25, 0.3) is 10.9 Å². The van der Waals surface area contributed by atoms with Crippen LogP contribution in [0.1, 0.15) is 16.1 Å². The van der Waals surface area contributed by atoms with Crippen LogP contribution in [0.5, 0.6) is 5.75 Å². The highest BCUT2D eigenvalue weighted by Crippen LogP contribution is 2.20. The molecule has 4 aromatic rings. The zero-order valence-corrected chi connectivity index (χ0v) is 14.0. The van der Waals surface area contributed by atoms with Gasteiger partial charge in [-0.15, -0.1) is 0 Å². The van der Waals surface area contributed by atoms with Crippen molar-refractivity contribution >= 4 is 22.5 Å². The number of aromatic nitrogens is 2. The van der Waals surface area contributed by atoms with Crippen LogP contribution in [0.3, 0.4) is 0 Å². The number of nitrogens with zero attached hydrogens (tertiary/aromatic N) is 1. The van der Waals surface area contributed by atoms with Gasteiger partial charge in [0.1, 0.15) is 12.4 Å². The summed E-state index contributed by atoms with van der Waals surface area (Å²) in [5.41, 5.74) is 3.01. The molecule has 1 amide bonds. The van der Waals surface area contributed by atoms with Crippen molar-refractivity contribution in [3.05, 3.63) is 90.1 Å². The highest BCUT2D eigenvalue weighted by molar-refractivity contribution is 6.11. The lowest BCUT2D eigenvalue weighted by molar-refractivity contribution is 0.102. The molecule has 0 radical (unpaired) electrons. The molecule has 0 atom stereocenters. The van der Waals surface area contributed by atoms with Crippen molar-refractivity contribution in [1.29, 1.82) is 0 Å². The molecule has 0 spiro atoms. The second-order valence-corrected chi connectivity index (χ2v) is 5.87. The molecule has 0 aliphatic heterocycles. The fourth-order valence-corrected chi connectivity index (χ4v) is 2.70. The summed E-state index contributed by atoms with van der Waals surface area (Å²) in [4.78, 5) is 12.5. The number of nitrogens with one attached hydrogen (secondary N) is 2. The Hall–Kier alpha value is -3.60. The zero-order valence-electron chi connectivity index (χ0n) is 14.0. The predicted octanol–water partition coefficient (Wildman–Crippen LogP) is 4.39. The van der Waals surface area contributed by atoms with Crippen molar-refractivity contribution < 1.29 is 9.53 Å². The Bertz CT molecular complexity index is 1020. The number of benzene rings is 3. The molecule has 0 bridgehead atoms. The van der Waals surface area contributed by atoms with Gasteiger partial charge in [-0.2, -0.15) is 5.10 Å². The Balaban J connectivity index is 1.41. The molecule has 26 heavy (non-hydrogen) atoms. The van der Waals surface area contributed by atoms with Crippen molar-refractivity contribution in [2.45, 2.75) is 6.61 Å². The first kappa shape index (κ1) is 15.9. The Labute approximate surface area is 150 Å². The lowest BCUT2D eigenvalue weighted by Gasteiger charge is -2.08. The summed E-state index contributed by atoms with van der Waals surface area (Å²) >= 11 is 0. The first-order valence-corrected chi connectivity index (χ1v) is 8.31. The number of carbonyl (C=O) groups is 1. The molecule has 5 heteroatoms. The molecule has 4 rings (SSSR count). The van der Waals surface area contributed by atoms with E-state index in [1.807, 2.05) is 78.9 Å². The maximum absolute atomic E-state index is 12.5. The van der Waals surface area contributed by atoms with Gasteiger partial charge in [-0.05, 0) is 35.9 Å². The quantitative estimate of drug-likeness (QED) is 0.564. The van der Waals surface area contributed by atoms with E-state index in [-0.39, 0.29) is 5.91 Å². The lowest BCUT2D eigenvalue weighted by atomic mass is 10.2. The van der Waals surface area contributed by atoms with Crippen LogP contribution in [0.2, 0.25) is 0 Å². The summed E-state index contributed by atoms with van der Waals surface area (Å²) in [7, 11) is 0. The van der Waals surface area contributed by atoms with Gasteiger partial charge < -0.3 is 10.1 Å². The molecule has 0 saturated carbocycles. The van der Waals surface area contributed by atoms with E-state index in [9.17, 15) is 4.79 Å². The van der Waals surface area contributed by atoms with Gasteiger partial charge in [0, 0.05) is 11.1 Å². The van der Waals surface area contributed by atoms with Gasteiger partial charge in [0.15, 0.2) is 5.69 Å². The van der Waals surface area contributed by atoms with E-state index in [2.05, 4.69) is 15.5 Å². The van der Waals surface area contributed by atoms with Crippen LogP contribution in [-0.2, 0) is 6.61 Å². The number of amides is 1. The molecule has 1 aromatic heterocycles.